The van der Waals surface area contributed by atoms with E-state index >= 15 is 0 Å². The first kappa shape index (κ1) is 13.8. The van der Waals surface area contributed by atoms with Crippen LogP contribution in [0.4, 0.5) is 5.69 Å². The van der Waals surface area contributed by atoms with Crippen molar-refractivity contribution in [2.75, 3.05) is 12.8 Å². The smallest absolute Gasteiger partial charge is 0.255 e. The monoisotopic (exact) mass is 263 g/mol. The van der Waals surface area contributed by atoms with Gasteiger partial charge in [0.25, 0.3) is 5.91 Å². The summed E-state index contributed by atoms with van der Waals surface area (Å²) >= 11 is 0. The molecule has 0 spiro atoms. The molecule has 5 heteroatoms. The van der Waals surface area contributed by atoms with Crippen LogP contribution in [0, 0.1) is 12.3 Å². The zero-order chi connectivity index (χ0) is 14.2. The third-order valence-corrected chi connectivity index (χ3v) is 4.08. The van der Waals surface area contributed by atoms with Crippen LogP contribution < -0.4 is 11.1 Å². The Labute approximate surface area is 113 Å². The number of nitrogen functional groups attached to an aromatic ring is 1. The molecule has 0 bridgehead atoms. The first-order valence-electron chi connectivity index (χ1n) is 6.42. The lowest BCUT2D eigenvalue weighted by molar-refractivity contribution is -0.0942. The van der Waals surface area contributed by atoms with Crippen LogP contribution in [0.2, 0.25) is 0 Å². The van der Waals surface area contributed by atoms with Crippen molar-refractivity contribution in [3.8, 4) is 0 Å². The number of methoxy groups -OCH3 is 1. The second-order valence-corrected chi connectivity index (χ2v) is 5.72. The number of pyridine rings is 1. The van der Waals surface area contributed by atoms with E-state index in [9.17, 15) is 4.79 Å². The average Bonchev–Trinajstić information content (AvgIpc) is 2.33. The highest BCUT2D eigenvalue weighted by molar-refractivity contribution is 5.99. The van der Waals surface area contributed by atoms with Crippen molar-refractivity contribution in [2.45, 2.75) is 39.3 Å². The van der Waals surface area contributed by atoms with E-state index in [0.717, 1.165) is 12.1 Å². The van der Waals surface area contributed by atoms with Gasteiger partial charge in [0.15, 0.2) is 0 Å². The van der Waals surface area contributed by atoms with Crippen molar-refractivity contribution in [1.82, 2.24) is 10.3 Å². The Morgan fingerprint density at radius 1 is 1.58 bits per heavy atom. The number of hydrogen-bond donors (Lipinski definition) is 2. The summed E-state index contributed by atoms with van der Waals surface area (Å²) in [6, 6.07) is 1.81. The molecule has 1 fully saturated rings. The molecule has 0 aliphatic heterocycles. The van der Waals surface area contributed by atoms with E-state index in [1.165, 1.54) is 6.20 Å². The summed E-state index contributed by atoms with van der Waals surface area (Å²) in [5.41, 5.74) is 7.49. The van der Waals surface area contributed by atoms with Crippen molar-refractivity contribution in [3.63, 3.8) is 0 Å². The number of rotatable bonds is 3. The third kappa shape index (κ3) is 2.42. The van der Waals surface area contributed by atoms with Gasteiger partial charge in [-0.3, -0.25) is 9.78 Å². The van der Waals surface area contributed by atoms with Crippen LogP contribution in [0.25, 0.3) is 0 Å². The quantitative estimate of drug-likeness (QED) is 0.866. The Balaban J connectivity index is 2.07. The predicted molar refractivity (Wildman–Crippen MR) is 73.8 cm³/mol. The number of aromatic nitrogens is 1. The number of ether oxygens (including phenoxy) is 1. The average molecular weight is 263 g/mol. The molecular weight excluding hydrogens is 242 g/mol. The number of nitrogens with zero attached hydrogens (tertiary/aromatic N) is 1. The zero-order valence-electron chi connectivity index (χ0n) is 11.9. The Bertz CT molecular complexity index is 499. The number of aryl methyl sites for hydroxylation is 1. The van der Waals surface area contributed by atoms with Gasteiger partial charge in [-0.15, -0.1) is 0 Å². The minimum absolute atomic E-state index is 0.0582. The maximum Gasteiger partial charge on any atom is 0.255 e. The van der Waals surface area contributed by atoms with Gasteiger partial charge in [-0.25, -0.2) is 0 Å². The molecule has 1 amide bonds. The normalized spacial score (nSPS) is 24.6. The number of carbonyl (C=O) groups is 1. The van der Waals surface area contributed by atoms with E-state index in [-0.39, 0.29) is 23.5 Å². The standard InChI is InChI=1S/C14H21N3O2/c1-8-5-10(15)9(7-16-8)13(18)17-11-6-12(19-4)14(11,2)3/h5,7,11-12H,6H2,1-4H3,(H2,15,16)(H,17,18). The molecule has 0 saturated heterocycles. The first-order chi connectivity index (χ1) is 8.86. The largest absolute Gasteiger partial charge is 0.398 e. The van der Waals surface area contributed by atoms with E-state index in [1.54, 1.807) is 13.2 Å². The van der Waals surface area contributed by atoms with Crippen molar-refractivity contribution < 1.29 is 9.53 Å². The van der Waals surface area contributed by atoms with Crippen LogP contribution in [0.1, 0.15) is 36.3 Å². The molecule has 1 aliphatic carbocycles. The van der Waals surface area contributed by atoms with Gasteiger partial charge in [0.2, 0.25) is 0 Å². The fourth-order valence-corrected chi connectivity index (χ4v) is 2.54. The van der Waals surface area contributed by atoms with Crippen LogP contribution in [0.5, 0.6) is 0 Å². The van der Waals surface area contributed by atoms with Crippen LogP contribution in [-0.4, -0.2) is 30.1 Å². The summed E-state index contributed by atoms with van der Waals surface area (Å²) in [6.07, 6.45) is 2.54. The molecule has 104 valence electrons. The molecule has 2 unspecified atom stereocenters. The SMILES string of the molecule is COC1CC(NC(=O)c2cnc(C)cc2N)C1(C)C. The van der Waals surface area contributed by atoms with Crippen molar-refractivity contribution in [3.05, 3.63) is 23.5 Å². The molecule has 1 aromatic heterocycles. The minimum atomic E-state index is -0.169. The van der Waals surface area contributed by atoms with Crippen molar-refractivity contribution in [1.29, 1.82) is 0 Å². The maximum atomic E-state index is 12.2. The first-order valence-corrected chi connectivity index (χ1v) is 6.42. The van der Waals surface area contributed by atoms with Gasteiger partial charge in [0, 0.05) is 36.1 Å². The molecule has 1 saturated carbocycles. The zero-order valence-corrected chi connectivity index (χ0v) is 11.9. The molecule has 2 rings (SSSR count). The van der Waals surface area contributed by atoms with E-state index in [0.29, 0.717) is 11.3 Å². The number of carbonyl (C=O) groups excluding carboxylic acids is 1. The second-order valence-electron chi connectivity index (χ2n) is 5.72. The summed E-state index contributed by atoms with van der Waals surface area (Å²) in [6.45, 7) is 6.02. The number of nitrogens with one attached hydrogen (secondary N) is 1. The van der Waals surface area contributed by atoms with Crippen LogP contribution >= 0.6 is 0 Å². The number of nitrogens with two attached hydrogens (primary N) is 1. The van der Waals surface area contributed by atoms with E-state index in [2.05, 4.69) is 24.1 Å². The molecule has 2 atom stereocenters. The molecule has 0 aromatic carbocycles. The molecule has 1 aliphatic rings. The van der Waals surface area contributed by atoms with Gasteiger partial charge in [-0.1, -0.05) is 13.8 Å². The summed E-state index contributed by atoms with van der Waals surface area (Å²) in [5.74, 6) is -0.169. The van der Waals surface area contributed by atoms with Gasteiger partial charge < -0.3 is 15.8 Å². The Morgan fingerprint density at radius 3 is 2.79 bits per heavy atom. The number of anilines is 1. The fourth-order valence-electron chi connectivity index (χ4n) is 2.54. The lowest BCUT2D eigenvalue weighted by atomic mass is 9.64. The highest BCUT2D eigenvalue weighted by Crippen LogP contribution is 2.42. The molecule has 1 aromatic rings. The van der Waals surface area contributed by atoms with Gasteiger partial charge in [0.1, 0.15) is 0 Å². The summed E-state index contributed by atoms with van der Waals surface area (Å²) in [4.78, 5) is 16.3. The summed E-state index contributed by atoms with van der Waals surface area (Å²) in [7, 11) is 1.70. The molecular formula is C14H21N3O2. The molecule has 1 heterocycles. The lowest BCUT2D eigenvalue weighted by Gasteiger charge is -2.51. The fraction of sp³-hybridized carbons (Fsp3) is 0.571. The van der Waals surface area contributed by atoms with Crippen LogP contribution in [-0.2, 0) is 4.74 Å². The summed E-state index contributed by atoms with van der Waals surface area (Å²) in [5, 5.41) is 3.01. The highest BCUT2D eigenvalue weighted by atomic mass is 16.5. The predicted octanol–water partition coefficient (Wildman–Crippen LogP) is 1.52. The maximum absolute atomic E-state index is 12.2. The number of amides is 1. The van der Waals surface area contributed by atoms with E-state index in [1.807, 2.05) is 6.92 Å². The van der Waals surface area contributed by atoms with Gasteiger partial charge in [-0.2, -0.15) is 0 Å². The number of hydrogen-bond acceptors (Lipinski definition) is 4. The van der Waals surface area contributed by atoms with Crippen LogP contribution in [0.3, 0.4) is 0 Å². The third-order valence-electron chi connectivity index (χ3n) is 4.08. The van der Waals surface area contributed by atoms with Gasteiger partial charge in [0.05, 0.1) is 11.7 Å². The lowest BCUT2D eigenvalue weighted by Crippen LogP contribution is -2.61. The van der Waals surface area contributed by atoms with Gasteiger partial charge >= 0.3 is 0 Å². The molecule has 0 radical (unpaired) electrons. The van der Waals surface area contributed by atoms with E-state index < -0.39 is 0 Å². The minimum Gasteiger partial charge on any atom is -0.398 e. The second kappa shape index (κ2) is 4.81. The van der Waals surface area contributed by atoms with Gasteiger partial charge in [-0.05, 0) is 19.4 Å². The van der Waals surface area contributed by atoms with E-state index in [4.69, 9.17) is 10.5 Å². The molecule has 3 N–H and O–H groups in total. The molecule has 19 heavy (non-hydrogen) atoms. The van der Waals surface area contributed by atoms with Crippen molar-refractivity contribution >= 4 is 11.6 Å². The highest BCUT2D eigenvalue weighted by Gasteiger charge is 2.49. The Morgan fingerprint density at radius 2 is 2.26 bits per heavy atom. The topological polar surface area (TPSA) is 77.2 Å². The Kier molecular flexibility index (Phi) is 3.49. The Hall–Kier alpha value is -1.62. The summed E-state index contributed by atoms with van der Waals surface area (Å²) < 4.78 is 5.37. The van der Waals surface area contributed by atoms with Crippen LogP contribution in [0.15, 0.2) is 12.3 Å². The van der Waals surface area contributed by atoms with Crippen molar-refractivity contribution in [2.24, 2.45) is 5.41 Å². The molecule has 5 nitrogen and oxygen atoms in total.